The Morgan fingerprint density at radius 1 is 1.05 bits per heavy atom. The number of hydrogen-bond donors (Lipinski definition) is 1. The lowest BCUT2D eigenvalue weighted by molar-refractivity contribution is -0.0498. The summed E-state index contributed by atoms with van der Waals surface area (Å²) in [7, 11) is -3.72. The van der Waals surface area contributed by atoms with Crippen LogP contribution >= 0.6 is 0 Å². The minimum absolute atomic E-state index is 0.0381. The Morgan fingerprint density at radius 3 is 2.24 bits per heavy atom. The van der Waals surface area contributed by atoms with Crippen LogP contribution in [0.4, 0.5) is 14.5 Å². The fraction of sp³-hybridized carbons (Fsp3) is 0.143. The third-order valence-electron chi connectivity index (χ3n) is 2.71. The highest BCUT2D eigenvalue weighted by Gasteiger charge is 2.16. The second kappa shape index (κ2) is 6.09. The lowest BCUT2D eigenvalue weighted by atomic mass is 10.2. The van der Waals surface area contributed by atoms with Crippen molar-refractivity contribution in [1.29, 1.82) is 0 Å². The van der Waals surface area contributed by atoms with E-state index in [1.807, 2.05) is 0 Å². The van der Waals surface area contributed by atoms with Crippen molar-refractivity contribution in [2.75, 3.05) is 4.72 Å². The van der Waals surface area contributed by atoms with Gasteiger partial charge in [0.15, 0.2) is 0 Å². The highest BCUT2D eigenvalue weighted by atomic mass is 32.2. The van der Waals surface area contributed by atoms with Crippen molar-refractivity contribution >= 4 is 15.7 Å². The molecule has 21 heavy (non-hydrogen) atoms. The van der Waals surface area contributed by atoms with Gasteiger partial charge in [0, 0.05) is 5.69 Å². The van der Waals surface area contributed by atoms with Crippen LogP contribution in [0.5, 0.6) is 5.75 Å². The van der Waals surface area contributed by atoms with Gasteiger partial charge in [-0.15, -0.1) is 0 Å². The molecule has 0 atom stereocenters. The summed E-state index contributed by atoms with van der Waals surface area (Å²) in [6.07, 6.45) is 0. The van der Waals surface area contributed by atoms with Crippen LogP contribution in [0.25, 0.3) is 0 Å². The maximum Gasteiger partial charge on any atom is 0.387 e. The fourth-order valence-corrected chi connectivity index (χ4v) is 3.08. The molecule has 0 aliphatic heterocycles. The number of rotatable bonds is 5. The summed E-state index contributed by atoms with van der Waals surface area (Å²) in [5.41, 5.74) is 0.877. The molecule has 1 N–H and O–H groups in total. The highest BCUT2D eigenvalue weighted by molar-refractivity contribution is 7.92. The third kappa shape index (κ3) is 3.91. The van der Waals surface area contributed by atoms with Crippen LogP contribution in [0.15, 0.2) is 53.4 Å². The Morgan fingerprint density at radius 2 is 1.67 bits per heavy atom. The molecule has 2 rings (SSSR count). The molecule has 0 unspecified atom stereocenters. The zero-order chi connectivity index (χ0) is 15.5. The van der Waals surface area contributed by atoms with Crippen LogP contribution in [0.2, 0.25) is 0 Å². The number of ether oxygens (including phenoxy) is 1. The summed E-state index contributed by atoms with van der Waals surface area (Å²) in [6, 6.07) is 11.8. The number of halogens is 2. The summed E-state index contributed by atoms with van der Waals surface area (Å²) in [5.74, 6) is -0.0381. The summed E-state index contributed by atoms with van der Waals surface area (Å²) in [6.45, 7) is -1.23. The van der Waals surface area contributed by atoms with E-state index in [1.54, 1.807) is 25.1 Å². The van der Waals surface area contributed by atoms with Gasteiger partial charge in [0.2, 0.25) is 0 Å². The molecule has 0 saturated heterocycles. The van der Waals surface area contributed by atoms with E-state index in [0.29, 0.717) is 5.56 Å². The van der Waals surface area contributed by atoms with Crippen molar-refractivity contribution < 1.29 is 21.9 Å². The van der Waals surface area contributed by atoms with Gasteiger partial charge >= 0.3 is 6.61 Å². The Bertz CT molecular complexity index is 715. The van der Waals surface area contributed by atoms with Crippen molar-refractivity contribution in [3.8, 4) is 5.75 Å². The van der Waals surface area contributed by atoms with Gasteiger partial charge in [-0.25, -0.2) is 8.42 Å². The largest absolute Gasteiger partial charge is 0.435 e. The maximum absolute atomic E-state index is 12.2. The van der Waals surface area contributed by atoms with Crippen LogP contribution < -0.4 is 9.46 Å². The first-order chi connectivity index (χ1) is 9.88. The Labute approximate surface area is 121 Å². The van der Waals surface area contributed by atoms with Gasteiger partial charge in [0.25, 0.3) is 10.0 Å². The number of benzene rings is 2. The molecule has 112 valence electrons. The van der Waals surface area contributed by atoms with Gasteiger partial charge in [-0.3, -0.25) is 4.72 Å². The van der Waals surface area contributed by atoms with Crippen molar-refractivity contribution in [3.05, 3.63) is 54.1 Å². The van der Waals surface area contributed by atoms with E-state index in [2.05, 4.69) is 9.46 Å². The lowest BCUT2D eigenvalue weighted by Gasteiger charge is -2.11. The summed E-state index contributed by atoms with van der Waals surface area (Å²) < 4.78 is 55.1. The molecule has 0 heterocycles. The zero-order valence-corrected chi connectivity index (χ0v) is 11.9. The topological polar surface area (TPSA) is 55.4 Å². The van der Waals surface area contributed by atoms with E-state index in [4.69, 9.17) is 0 Å². The molecular formula is C14H13F2NO3S. The van der Waals surface area contributed by atoms with Gasteiger partial charge in [-0.05, 0) is 42.8 Å². The Hall–Kier alpha value is -2.15. The lowest BCUT2D eigenvalue weighted by Crippen LogP contribution is -2.14. The molecule has 0 amide bonds. The molecule has 2 aromatic carbocycles. The van der Waals surface area contributed by atoms with Crippen LogP contribution in [0.3, 0.4) is 0 Å². The van der Waals surface area contributed by atoms with Crippen LogP contribution in [0, 0.1) is 6.92 Å². The standard InChI is InChI=1S/C14H13F2NO3S/c1-10-4-2-3-5-13(10)21(18,19)17-11-6-8-12(9-7-11)20-14(15)16/h2-9,14,17H,1H3. The van der Waals surface area contributed by atoms with E-state index in [1.165, 1.54) is 30.3 Å². The van der Waals surface area contributed by atoms with Crippen LogP contribution in [-0.2, 0) is 10.0 Å². The fourth-order valence-electron chi connectivity index (χ4n) is 1.77. The van der Waals surface area contributed by atoms with E-state index >= 15 is 0 Å². The number of nitrogens with one attached hydrogen (secondary N) is 1. The van der Waals surface area contributed by atoms with Crippen molar-refractivity contribution in [1.82, 2.24) is 0 Å². The molecule has 4 nitrogen and oxygen atoms in total. The maximum atomic E-state index is 12.2. The van der Waals surface area contributed by atoms with Crippen molar-refractivity contribution in [2.24, 2.45) is 0 Å². The zero-order valence-electron chi connectivity index (χ0n) is 11.1. The molecule has 0 saturated carbocycles. The average molecular weight is 313 g/mol. The summed E-state index contributed by atoms with van der Waals surface area (Å²) >= 11 is 0. The van der Waals surface area contributed by atoms with Gasteiger partial charge < -0.3 is 4.74 Å². The van der Waals surface area contributed by atoms with E-state index in [0.717, 1.165) is 0 Å². The van der Waals surface area contributed by atoms with Crippen molar-refractivity contribution in [2.45, 2.75) is 18.4 Å². The van der Waals surface area contributed by atoms with E-state index < -0.39 is 16.6 Å². The monoisotopic (exact) mass is 313 g/mol. The smallest absolute Gasteiger partial charge is 0.387 e. The predicted molar refractivity (Wildman–Crippen MR) is 75.1 cm³/mol. The van der Waals surface area contributed by atoms with Gasteiger partial charge in [-0.1, -0.05) is 18.2 Å². The number of aryl methyl sites for hydroxylation is 1. The third-order valence-corrected chi connectivity index (χ3v) is 4.26. The van der Waals surface area contributed by atoms with E-state index in [-0.39, 0.29) is 16.3 Å². The molecule has 0 aromatic heterocycles. The first kappa shape index (κ1) is 15.2. The van der Waals surface area contributed by atoms with Gasteiger partial charge in [-0.2, -0.15) is 8.78 Å². The minimum Gasteiger partial charge on any atom is -0.435 e. The van der Waals surface area contributed by atoms with Crippen LogP contribution in [0.1, 0.15) is 5.56 Å². The Kier molecular flexibility index (Phi) is 4.42. The second-order valence-corrected chi connectivity index (χ2v) is 5.92. The van der Waals surface area contributed by atoms with Crippen LogP contribution in [-0.4, -0.2) is 15.0 Å². The summed E-state index contributed by atoms with van der Waals surface area (Å²) in [4.78, 5) is 0.165. The molecule has 0 radical (unpaired) electrons. The number of alkyl halides is 2. The Balaban J connectivity index is 2.19. The number of hydrogen-bond acceptors (Lipinski definition) is 3. The molecule has 0 spiro atoms. The predicted octanol–water partition coefficient (Wildman–Crippen LogP) is 3.40. The molecular weight excluding hydrogens is 300 g/mol. The first-order valence-electron chi connectivity index (χ1n) is 6.02. The second-order valence-electron chi connectivity index (χ2n) is 4.27. The quantitative estimate of drug-likeness (QED) is 0.920. The molecule has 7 heteroatoms. The minimum atomic E-state index is -3.72. The summed E-state index contributed by atoms with van der Waals surface area (Å²) in [5, 5.41) is 0. The molecule has 2 aromatic rings. The van der Waals surface area contributed by atoms with Gasteiger partial charge in [0.1, 0.15) is 5.75 Å². The highest BCUT2D eigenvalue weighted by Crippen LogP contribution is 2.22. The molecule has 0 aliphatic carbocycles. The molecule has 0 bridgehead atoms. The molecule has 0 aliphatic rings. The van der Waals surface area contributed by atoms with Gasteiger partial charge in [0.05, 0.1) is 4.90 Å². The SMILES string of the molecule is Cc1ccccc1S(=O)(=O)Nc1ccc(OC(F)F)cc1. The first-order valence-corrected chi connectivity index (χ1v) is 7.50. The average Bonchev–Trinajstić information content (AvgIpc) is 2.40. The van der Waals surface area contributed by atoms with Crippen molar-refractivity contribution in [3.63, 3.8) is 0 Å². The van der Waals surface area contributed by atoms with E-state index in [9.17, 15) is 17.2 Å². The normalized spacial score (nSPS) is 11.4. The number of sulfonamides is 1. The molecule has 0 fully saturated rings. The number of anilines is 1.